The standard InChI is InChI=1S/C22H18N2O2/c25-22(24-26)18-13-11-17(12-14-18)21-19-7-3-1-5-15(19)9-10-16-6-2-4-8-20(16)23-21/h1-8,11-14,26H,9-10H2,(H,24,25)/b23-21-. The third kappa shape index (κ3) is 3.03. The van der Waals surface area contributed by atoms with Gasteiger partial charge in [-0.1, -0.05) is 54.6 Å². The highest BCUT2D eigenvalue weighted by atomic mass is 16.5. The Morgan fingerprint density at radius 3 is 2.27 bits per heavy atom. The lowest BCUT2D eigenvalue weighted by atomic mass is 9.91. The van der Waals surface area contributed by atoms with Gasteiger partial charge in [-0.05, 0) is 42.2 Å². The van der Waals surface area contributed by atoms with E-state index in [1.807, 2.05) is 36.4 Å². The summed E-state index contributed by atoms with van der Waals surface area (Å²) in [6.45, 7) is 0. The van der Waals surface area contributed by atoms with Gasteiger partial charge in [0.1, 0.15) is 0 Å². The minimum atomic E-state index is -0.526. The van der Waals surface area contributed by atoms with Gasteiger partial charge in [-0.15, -0.1) is 0 Å². The van der Waals surface area contributed by atoms with E-state index in [4.69, 9.17) is 10.2 Å². The second-order valence-electron chi connectivity index (χ2n) is 6.26. The van der Waals surface area contributed by atoms with Gasteiger partial charge in [0.05, 0.1) is 11.4 Å². The van der Waals surface area contributed by atoms with Crippen LogP contribution in [-0.2, 0) is 12.8 Å². The number of para-hydroxylation sites is 1. The molecule has 1 aliphatic rings. The van der Waals surface area contributed by atoms with Gasteiger partial charge in [0.25, 0.3) is 5.91 Å². The molecule has 0 fully saturated rings. The molecule has 0 saturated carbocycles. The molecule has 0 radical (unpaired) electrons. The largest absolute Gasteiger partial charge is 0.288 e. The quantitative estimate of drug-likeness (QED) is 0.545. The number of aryl methyl sites for hydroxylation is 2. The van der Waals surface area contributed by atoms with Gasteiger partial charge in [0.2, 0.25) is 0 Å². The number of nitrogens with zero attached hydrogens (tertiary/aromatic N) is 1. The predicted octanol–water partition coefficient (Wildman–Crippen LogP) is 4.07. The molecule has 1 heterocycles. The fraction of sp³-hybridized carbons (Fsp3) is 0.0909. The summed E-state index contributed by atoms with van der Waals surface area (Å²) in [5, 5.41) is 8.79. The van der Waals surface area contributed by atoms with E-state index in [1.54, 1.807) is 17.6 Å². The SMILES string of the molecule is O=C(NO)c1ccc(/C2=N/c3ccccc3CCc3ccccc32)cc1. The number of nitrogens with one attached hydrogen (secondary N) is 1. The first-order valence-corrected chi connectivity index (χ1v) is 8.56. The lowest BCUT2D eigenvalue weighted by Gasteiger charge is -2.17. The van der Waals surface area contributed by atoms with E-state index in [-0.39, 0.29) is 0 Å². The van der Waals surface area contributed by atoms with Crippen LogP contribution in [0.3, 0.4) is 0 Å². The van der Waals surface area contributed by atoms with Crippen molar-refractivity contribution in [2.75, 3.05) is 0 Å². The maximum absolute atomic E-state index is 11.6. The molecule has 0 atom stereocenters. The summed E-state index contributed by atoms with van der Waals surface area (Å²) < 4.78 is 0. The zero-order chi connectivity index (χ0) is 17.9. The zero-order valence-electron chi connectivity index (χ0n) is 14.1. The fourth-order valence-corrected chi connectivity index (χ4v) is 3.31. The molecule has 128 valence electrons. The van der Waals surface area contributed by atoms with Crippen molar-refractivity contribution in [1.82, 2.24) is 5.48 Å². The molecule has 3 aromatic rings. The summed E-state index contributed by atoms with van der Waals surface area (Å²) in [4.78, 5) is 16.5. The van der Waals surface area contributed by atoms with Crippen LogP contribution in [0.4, 0.5) is 5.69 Å². The Hall–Kier alpha value is -3.24. The van der Waals surface area contributed by atoms with Crippen LogP contribution >= 0.6 is 0 Å². The van der Waals surface area contributed by atoms with Crippen LogP contribution in [0.1, 0.15) is 32.6 Å². The first-order chi connectivity index (χ1) is 12.8. The maximum Gasteiger partial charge on any atom is 0.274 e. The zero-order valence-corrected chi connectivity index (χ0v) is 14.1. The number of hydroxylamine groups is 1. The molecular weight excluding hydrogens is 324 g/mol. The van der Waals surface area contributed by atoms with Crippen molar-refractivity contribution in [1.29, 1.82) is 0 Å². The van der Waals surface area contributed by atoms with E-state index >= 15 is 0 Å². The molecular formula is C22H18N2O2. The Morgan fingerprint density at radius 2 is 1.50 bits per heavy atom. The van der Waals surface area contributed by atoms with Crippen molar-refractivity contribution in [2.24, 2.45) is 4.99 Å². The monoisotopic (exact) mass is 342 g/mol. The Morgan fingerprint density at radius 1 is 0.846 bits per heavy atom. The number of aliphatic imine (C=N–C) groups is 1. The third-order valence-electron chi connectivity index (χ3n) is 4.68. The van der Waals surface area contributed by atoms with Gasteiger partial charge in [-0.3, -0.25) is 10.0 Å². The summed E-state index contributed by atoms with van der Waals surface area (Å²) >= 11 is 0. The van der Waals surface area contributed by atoms with Crippen molar-refractivity contribution in [3.05, 3.63) is 101 Å². The van der Waals surface area contributed by atoms with E-state index < -0.39 is 5.91 Å². The molecule has 4 nitrogen and oxygen atoms in total. The minimum Gasteiger partial charge on any atom is -0.288 e. The first-order valence-electron chi connectivity index (χ1n) is 8.56. The van der Waals surface area contributed by atoms with Crippen LogP contribution in [0.2, 0.25) is 0 Å². The van der Waals surface area contributed by atoms with E-state index in [9.17, 15) is 4.79 Å². The van der Waals surface area contributed by atoms with Gasteiger partial charge in [0.15, 0.2) is 0 Å². The Labute approximate surface area is 151 Å². The summed E-state index contributed by atoms with van der Waals surface area (Å²) in [6.07, 6.45) is 1.91. The molecule has 4 rings (SSSR count). The van der Waals surface area contributed by atoms with Gasteiger partial charge in [-0.25, -0.2) is 10.5 Å². The molecule has 4 heteroatoms. The van der Waals surface area contributed by atoms with Crippen LogP contribution in [0, 0.1) is 0 Å². The minimum absolute atomic E-state index is 0.399. The molecule has 26 heavy (non-hydrogen) atoms. The second kappa shape index (κ2) is 6.94. The maximum atomic E-state index is 11.6. The molecule has 1 aliphatic heterocycles. The smallest absolute Gasteiger partial charge is 0.274 e. The molecule has 2 N–H and O–H groups in total. The van der Waals surface area contributed by atoms with E-state index in [0.29, 0.717) is 5.56 Å². The first kappa shape index (κ1) is 16.2. The Kier molecular flexibility index (Phi) is 4.33. The number of fused-ring (bicyclic) bond motifs is 2. The number of hydrogen-bond donors (Lipinski definition) is 2. The Bertz CT molecular complexity index is 991. The summed E-state index contributed by atoms with van der Waals surface area (Å²) in [5.41, 5.74) is 8.47. The van der Waals surface area contributed by atoms with Crippen LogP contribution < -0.4 is 5.48 Å². The molecule has 0 spiro atoms. The van der Waals surface area contributed by atoms with Gasteiger partial charge in [0, 0.05) is 16.7 Å². The average Bonchev–Trinajstić information content (AvgIpc) is 2.69. The van der Waals surface area contributed by atoms with Crippen molar-refractivity contribution in [3.8, 4) is 0 Å². The summed E-state index contributed by atoms with van der Waals surface area (Å²) in [5.74, 6) is -0.526. The van der Waals surface area contributed by atoms with Crippen molar-refractivity contribution < 1.29 is 10.0 Å². The molecule has 0 unspecified atom stereocenters. The van der Waals surface area contributed by atoms with Gasteiger partial charge in [-0.2, -0.15) is 0 Å². The van der Waals surface area contributed by atoms with E-state index in [1.165, 1.54) is 11.1 Å². The highest BCUT2D eigenvalue weighted by molar-refractivity contribution is 6.15. The molecule has 3 aromatic carbocycles. The predicted molar refractivity (Wildman–Crippen MR) is 101 cm³/mol. The number of hydrogen-bond acceptors (Lipinski definition) is 3. The molecule has 0 aliphatic carbocycles. The number of rotatable bonds is 2. The highest BCUT2D eigenvalue weighted by Gasteiger charge is 2.16. The molecule has 0 saturated heterocycles. The molecule has 0 aromatic heterocycles. The van der Waals surface area contributed by atoms with Crippen LogP contribution in [-0.4, -0.2) is 16.8 Å². The van der Waals surface area contributed by atoms with Gasteiger partial charge < -0.3 is 0 Å². The topological polar surface area (TPSA) is 61.7 Å². The molecule has 0 bridgehead atoms. The molecule has 1 amide bonds. The second-order valence-corrected chi connectivity index (χ2v) is 6.26. The lowest BCUT2D eigenvalue weighted by molar-refractivity contribution is 0.0706. The normalized spacial score (nSPS) is 14.9. The van der Waals surface area contributed by atoms with Crippen LogP contribution in [0.5, 0.6) is 0 Å². The van der Waals surface area contributed by atoms with Crippen LogP contribution in [0.25, 0.3) is 0 Å². The fourth-order valence-electron chi connectivity index (χ4n) is 3.31. The summed E-state index contributed by atoms with van der Waals surface area (Å²) in [6, 6.07) is 23.6. The van der Waals surface area contributed by atoms with E-state index in [0.717, 1.165) is 35.4 Å². The Balaban J connectivity index is 1.87. The third-order valence-corrected chi connectivity index (χ3v) is 4.68. The van der Waals surface area contributed by atoms with Crippen molar-refractivity contribution in [2.45, 2.75) is 12.8 Å². The number of carbonyl (C=O) groups excluding carboxylic acids is 1. The van der Waals surface area contributed by atoms with Crippen LogP contribution in [0.15, 0.2) is 77.8 Å². The average molecular weight is 342 g/mol. The van der Waals surface area contributed by atoms with Crippen molar-refractivity contribution in [3.63, 3.8) is 0 Å². The van der Waals surface area contributed by atoms with Crippen molar-refractivity contribution >= 4 is 17.3 Å². The van der Waals surface area contributed by atoms with Gasteiger partial charge >= 0.3 is 0 Å². The number of amides is 1. The highest BCUT2D eigenvalue weighted by Crippen LogP contribution is 2.28. The lowest BCUT2D eigenvalue weighted by Crippen LogP contribution is -2.18. The number of benzene rings is 3. The van der Waals surface area contributed by atoms with E-state index in [2.05, 4.69) is 24.3 Å². The number of carbonyl (C=O) groups is 1. The summed E-state index contributed by atoms with van der Waals surface area (Å²) in [7, 11) is 0.